The van der Waals surface area contributed by atoms with Gasteiger partial charge in [0.1, 0.15) is 5.75 Å². The number of carbonyl (C=O) groups is 1. The number of anilines is 1. The van der Waals surface area contributed by atoms with Gasteiger partial charge in [0.15, 0.2) is 0 Å². The van der Waals surface area contributed by atoms with Gasteiger partial charge in [-0.25, -0.2) is 0 Å². The number of phenolic OH excluding ortho intramolecular Hbond substituents is 1. The Morgan fingerprint density at radius 2 is 1.91 bits per heavy atom. The zero-order chi connectivity index (χ0) is 24.4. The number of aryl methyl sites for hydroxylation is 2. The van der Waals surface area contributed by atoms with Gasteiger partial charge in [0.25, 0.3) is 0 Å². The van der Waals surface area contributed by atoms with E-state index in [0.717, 1.165) is 49.9 Å². The molecule has 0 aromatic heterocycles. The first-order valence-electron chi connectivity index (χ1n) is 12.8. The Morgan fingerprint density at radius 3 is 2.71 bits per heavy atom. The highest BCUT2D eigenvalue weighted by Crippen LogP contribution is 2.35. The summed E-state index contributed by atoms with van der Waals surface area (Å²) in [4.78, 5) is 13.5. The molecule has 2 heterocycles. The number of hydrogen-bond donors (Lipinski definition) is 4. The predicted molar refractivity (Wildman–Crippen MR) is 141 cm³/mol. The normalized spacial score (nSPS) is 19.1. The van der Waals surface area contributed by atoms with Gasteiger partial charge in [-0.05, 0) is 96.6 Å². The van der Waals surface area contributed by atoms with Crippen LogP contribution in [-0.4, -0.2) is 30.1 Å². The van der Waals surface area contributed by atoms with Crippen LogP contribution in [0.15, 0.2) is 54.6 Å². The molecule has 5 heteroatoms. The average molecular weight is 470 g/mol. The van der Waals surface area contributed by atoms with E-state index in [9.17, 15) is 9.90 Å². The fourth-order valence-corrected chi connectivity index (χ4v) is 5.64. The maximum Gasteiger partial charge on any atom is 0.237 e. The molecule has 35 heavy (non-hydrogen) atoms. The first-order chi connectivity index (χ1) is 17.0. The minimum atomic E-state index is -0.282. The summed E-state index contributed by atoms with van der Waals surface area (Å²) >= 11 is 0. The summed E-state index contributed by atoms with van der Waals surface area (Å²) in [6.07, 6.45) is 4.15. The molecule has 5 nitrogen and oxygen atoms in total. The zero-order valence-electron chi connectivity index (χ0n) is 20.7. The lowest BCUT2D eigenvalue weighted by Gasteiger charge is -2.31. The summed E-state index contributed by atoms with van der Waals surface area (Å²) in [5.74, 6) is 0.350. The van der Waals surface area contributed by atoms with E-state index in [1.54, 1.807) is 6.07 Å². The van der Waals surface area contributed by atoms with E-state index in [0.29, 0.717) is 12.2 Å². The summed E-state index contributed by atoms with van der Waals surface area (Å²) in [7, 11) is 0. The highest BCUT2D eigenvalue weighted by atomic mass is 16.3. The van der Waals surface area contributed by atoms with Gasteiger partial charge in [-0.1, -0.05) is 49.4 Å². The molecule has 2 aliphatic heterocycles. The van der Waals surface area contributed by atoms with Gasteiger partial charge < -0.3 is 21.1 Å². The number of fused-ring (bicyclic) bond motifs is 2. The molecular weight excluding hydrogens is 434 g/mol. The summed E-state index contributed by atoms with van der Waals surface area (Å²) in [5.41, 5.74) is 9.63. The predicted octanol–water partition coefficient (Wildman–Crippen LogP) is 4.58. The zero-order valence-corrected chi connectivity index (χ0v) is 20.7. The summed E-state index contributed by atoms with van der Waals surface area (Å²) in [5, 5.41) is 20.4. The third-order valence-electron chi connectivity index (χ3n) is 7.43. The summed E-state index contributed by atoms with van der Waals surface area (Å²) in [6.45, 7) is 5.78. The van der Waals surface area contributed by atoms with Crippen LogP contribution < -0.4 is 16.0 Å². The molecule has 182 valence electrons. The van der Waals surface area contributed by atoms with Gasteiger partial charge in [-0.2, -0.15) is 0 Å². The Morgan fingerprint density at radius 1 is 1.09 bits per heavy atom. The van der Waals surface area contributed by atoms with Crippen LogP contribution >= 0.6 is 0 Å². The SMILES string of the molecule is CCc1cc(Cc2ccccc2)cc2c1NCCC2NC(=O)C1Cc2c(C)cc(O)cc2CCN1. The number of rotatable bonds is 5. The molecule has 1 amide bonds. The van der Waals surface area contributed by atoms with E-state index < -0.39 is 0 Å². The molecule has 3 aromatic rings. The van der Waals surface area contributed by atoms with Crippen LogP contribution in [0, 0.1) is 6.92 Å². The van der Waals surface area contributed by atoms with Gasteiger partial charge in [0.05, 0.1) is 12.1 Å². The summed E-state index contributed by atoms with van der Waals surface area (Å²) < 4.78 is 0. The first kappa shape index (κ1) is 23.4. The van der Waals surface area contributed by atoms with Crippen molar-refractivity contribution in [1.82, 2.24) is 10.6 Å². The van der Waals surface area contributed by atoms with Crippen LogP contribution in [-0.2, 0) is 30.5 Å². The van der Waals surface area contributed by atoms with Crippen LogP contribution in [0.3, 0.4) is 0 Å². The highest BCUT2D eigenvalue weighted by Gasteiger charge is 2.29. The minimum absolute atomic E-state index is 0.00906. The lowest BCUT2D eigenvalue weighted by molar-refractivity contribution is -0.123. The van der Waals surface area contributed by atoms with Crippen molar-refractivity contribution in [2.24, 2.45) is 0 Å². The number of nitrogens with one attached hydrogen (secondary N) is 3. The molecule has 0 aliphatic carbocycles. The molecule has 0 fully saturated rings. The van der Waals surface area contributed by atoms with Crippen LogP contribution in [0.4, 0.5) is 5.69 Å². The van der Waals surface area contributed by atoms with E-state index in [4.69, 9.17) is 0 Å². The Hall–Kier alpha value is -3.31. The number of amides is 1. The molecule has 3 aromatic carbocycles. The van der Waals surface area contributed by atoms with Crippen molar-refractivity contribution in [1.29, 1.82) is 0 Å². The number of hydrogen-bond acceptors (Lipinski definition) is 4. The van der Waals surface area contributed by atoms with Crippen LogP contribution in [0.5, 0.6) is 5.75 Å². The maximum absolute atomic E-state index is 13.5. The van der Waals surface area contributed by atoms with Gasteiger partial charge in [-0.15, -0.1) is 0 Å². The average Bonchev–Trinajstić information content (AvgIpc) is 3.07. The molecule has 2 atom stereocenters. The summed E-state index contributed by atoms with van der Waals surface area (Å²) in [6, 6.07) is 18.5. The topological polar surface area (TPSA) is 73.4 Å². The molecule has 2 unspecified atom stereocenters. The monoisotopic (exact) mass is 469 g/mol. The van der Waals surface area contributed by atoms with Crippen molar-refractivity contribution in [3.63, 3.8) is 0 Å². The van der Waals surface area contributed by atoms with E-state index in [2.05, 4.69) is 59.3 Å². The Balaban J connectivity index is 1.38. The van der Waals surface area contributed by atoms with Crippen molar-refractivity contribution in [2.45, 2.75) is 58.0 Å². The first-order valence-corrected chi connectivity index (χ1v) is 12.8. The number of phenols is 1. The second-order valence-electron chi connectivity index (χ2n) is 9.87. The van der Waals surface area contributed by atoms with Crippen LogP contribution in [0.1, 0.15) is 58.3 Å². The van der Waals surface area contributed by atoms with Crippen LogP contribution in [0.2, 0.25) is 0 Å². The fourth-order valence-electron chi connectivity index (χ4n) is 5.64. The minimum Gasteiger partial charge on any atom is -0.508 e. The largest absolute Gasteiger partial charge is 0.508 e. The molecule has 0 radical (unpaired) electrons. The van der Waals surface area contributed by atoms with Crippen LogP contribution in [0.25, 0.3) is 0 Å². The Kier molecular flexibility index (Phi) is 6.78. The van der Waals surface area contributed by atoms with Crippen molar-refractivity contribution < 1.29 is 9.90 Å². The molecule has 0 spiro atoms. The van der Waals surface area contributed by atoms with E-state index in [-0.39, 0.29) is 18.0 Å². The lowest BCUT2D eigenvalue weighted by Crippen LogP contribution is -2.47. The van der Waals surface area contributed by atoms with E-state index in [1.165, 1.54) is 33.5 Å². The second kappa shape index (κ2) is 10.1. The molecule has 0 bridgehead atoms. The molecule has 2 aliphatic rings. The fraction of sp³-hybridized carbons (Fsp3) is 0.367. The smallest absolute Gasteiger partial charge is 0.237 e. The molecular formula is C30H35N3O2. The molecule has 0 saturated heterocycles. The third-order valence-corrected chi connectivity index (χ3v) is 7.43. The Bertz CT molecular complexity index is 1220. The second-order valence-corrected chi connectivity index (χ2v) is 9.87. The Labute approximate surface area is 208 Å². The van der Waals surface area contributed by atoms with Gasteiger partial charge >= 0.3 is 0 Å². The van der Waals surface area contributed by atoms with Crippen molar-refractivity contribution in [2.75, 3.05) is 18.4 Å². The van der Waals surface area contributed by atoms with Crippen molar-refractivity contribution in [3.8, 4) is 5.75 Å². The lowest BCUT2D eigenvalue weighted by atomic mass is 9.89. The number of aromatic hydroxyl groups is 1. The van der Waals surface area contributed by atoms with Gasteiger partial charge in [-0.3, -0.25) is 4.79 Å². The molecule has 5 rings (SSSR count). The van der Waals surface area contributed by atoms with Crippen molar-refractivity contribution >= 4 is 11.6 Å². The standard InChI is InChI=1S/C30H35N3O2/c1-3-22-15-21(14-20-7-5-4-6-8-20)16-26-27(10-12-32-29(22)26)33-30(35)28-18-25-19(2)13-24(34)17-23(25)9-11-31-28/h4-8,13,15-17,27-28,31-32,34H,3,9-12,14,18H2,1-2H3,(H,33,35). The number of benzene rings is 3. The molecule has 0 saturated carbocycles. The van der Waals surface area contributed by atoms with Gasteiger partial charge in [0, 0.05) is 12.2 Å². The van der Waals surface area contributed by atoms with E-state index >= 15 is 0 Å². The quantitative estimate of drug-likeness (QED) is 0.441. The third kappa shape index (κ3) is 5.06. The molecule has 4 N–H and O–H groups in total. The van der Waals surface area contributed by atoms with E-state index in [1.807, 2.05) is 19.1 Å². The van der Waals surface area contributed by atoms with Gasteiger partial charge in [0.2, 0.25) is 5.91 Å². The van der Waals surface area contributed by atoms with Crippen molar-refractivity contribution in [3.05, 3.63) is 93.5 Å². The highest BCUT2D eigenvalue weighted by molar-refractivity contribution is 5.83. The number of carbonyl (C=O) groups excluding carboxylic acids is 1. The maximum atomic E-state index is 13.5.